The van der Waals surface area contributed by atoms with Crippen molar-refractivity contribution < 1.29 is 9.53 Å². The molecule has 3 rings (SSSR count). The molecule has 5 nitrogen and oxygen atoms in total. The van der Waals surface area contributed by atoms with Crippen LogP contribution in [0.2, 0.25) is 5.02 Å². The number of ether oxygens (including phenoxy) is 1. The SMILES string of the molecule is CN(CCOc1ccc(Cl)cc1)CC(=O)NC(c1ccccc1)c1nccs1. The molecule has 1 unspecified atom stereocenters. The van der Waals surface area contributed by atoms with Gasteiger partial charge in [0.2, 0.25) is 5.91 Å². The Morgan fingerprint density at radius 2 is 1.96 bits per heavy atom. The summed E-state index contributed by atoms with van der Waals surface area (Å²) in [6.07, 6.45) is 1.75. The molecule has 1 heterocycles. The third kappa shape index (κ3) is 6.05. The van der Waals surface area contributed by atoms with Crippen molar-refractivity contribution in [1.29, 1.82) is 0 Å². The van der Waals surface area contributed by atoms with Crippen LogP contribution in [0.4, 0.5) is 0 Å². The number of carbonyl (C=O) groups excluding carboxylic acids is 1. The van der Waals surface area contributed by atoms with Crippen molar-refractivity contribution in [2.24, 2.45) is 0 Å². The van der Waals surface area contributed by atoms with Gasteiger partial charge in [-0.15, -0.1) is 11.3 Å². The predicted molar refractivity (Wildman–Crippen MR) is 113 cm³/mol. The van der Waals surface area contributed by atoms with Crippen LogP contribution in [-0.2, 0) is 4.79 Å². The van der Waals surface area contributed by atoms with Crippen LogP contribution in [0, 0.1) is 0 Å². The Labute approximate surface area is 173 Å². The molecule has 3 aromatic rings. The normalized spacial score (nSPS) is 12.0. The van der Waals surface area contributed by atoms with Gasteiger partial charge in [-0.1, -0.05) is 41.9 Å². The van der Waals surface area contributed by atoms with Crippen LogP contribution in [0.15, 0.2) is 66.2 Å². The molecule has 0 saturated carbocycles. The van der Waals surface area contributed by atoms with Gasteiger partial charge in [-0.25, -0.2) is 4.98 Å². The molecule has 0 fully saturated rings. The number of likely N-dealkylation sites (N-methyl/N-ethyl adjacent to an activating group) is 1. The molecule has 0 bridgehead atoms. The minimum atomic E-state index is -0.243. The molecule has 28 heavy (non-hydrogen) atoms. The number of hydrogen-bond acceptors (Lipinski definition) is 5. The molecule has 1 amide bonds. The highest BCUT2D eigenvalue weighted by atomic mass is 35.5. The molecular formula is C21H22ClN3O2S. The summed E-state index contributed by atoms with van der Waals surface area (Å²) in [7, 11) is 1.89. The summed E-state index contributed by atoms with van der Waals surface area (Å²) >= 11 is 7.39. The van der Waals surface area contributed by atoms with E-state index in [9.17, 15) is 4.79 Å². The van der Waals surface area contributed by atoms with Crippen molar-refractivity contribution in [1.82, 2.24) is 15.2 Å². The van der Waals surface area contributed by atoms with Crippen molar-refractivity contribution >= 4 is 28.8 Å². The Hall–Kier alpha value is -2.41. The van der Waals surface area contributed by atoms with Gasteiger partial charge in [-0.3, -0.25) is 9.69 Å². The Morgan fingerprint density at radius 1 is 1.21 bits per heavy atom. The average Bonchev–Trinajstić information content (AvgIpc) is 3.23. The molecule has 0 aliphatic rings. The van der Waals surface area contributed by atoms with Crippen molar-refractivity contribution in [2.45, 2.75) is 6.04 Å². The zero-order chi connectivity index (χ0) is 19.8. The van der Waals surface area contributed by atoms with Crippen LogP contribution in [0.1, 0.15) is 16.6 Å². The van der Waals surface area contributed by atoms with Crippen molar-refractivity contribution in [3.63, 3.8) is 0 Å². The number of nitrogens with zero attached hydrogens (tertiary/aromatic N) is 2. The molecule has 2 aromatic carbocycles. The smallest absolute Gasteiger partial charge is 0.235 e. The fraction of sp³-hybridized carbons (Fsp3) is 0.238. The molecule has 1 aromatic heterocycles. The number of amides is 1. The first-order valence-electron chi connectivity index (χ1n) is 8.92. The zero-order valence-corrected chi connectivity index (χ0v) is 17.1. The van der Waals surface area contributed by atoms with E-state index in [4.69, 9.17) is 16.3 Å². The first-order chi connectivity index (χ1) is 13.6. The Kier molecular flexibility index (Phi) is 7.42. The third-order valence-electron chi connectivity index (χ3n) is 4.11. The summed E-state index contributed by atoms with van der Waals surface area (Å²) in [4.78, 5) is 18.9. The number of thiazole rings is 1. The minimum Gasteiger partial charge on any atom is -0.492 e. The molecule has 7 heteroatoms. The first kappa shape index (κ1) is 20.3. The van der Waals surface area contributed by atoms with Crippen LogP contribution >= 0.6 is 22.9 Å². The second-order valence-corrected chi connectivity index (χ2v) is 7.68. The Morgan fingerprint density at radius 3 is 2.64 bits per heavy atom. The number of rotatable bonds is 9. The lowest BCUT2D eigenvalue weighted by atomic mass is 10.1. The minimum absolute atomic E-state index is 0.0574. The van der Waals surface area contributed by atoms with E-state index in [0.29, 0.717) is 18.2 Å². The van der Waals surface area contributed by atoms with Crippen LogP contribution in [-0.4, -0.2) is 42.5 Å². The number of halogens is 1. The van der Waals surface area contributed by atoms with E-state index < -0.39 is 0 Å². The Balaban J connectivity index is 1.50. The zero-order valence-electron chi connectivity index (χ0n) is 15.5. The molecule has 0 aliphatic carbocycles. The Bertz CT molecular complexity index is 857. The first-order valence-corrected chi connectivity index (χ1v) is 10.2. The van der Waals surface area contributed by atoms with Crippen molar-refractivity contribution in [3.05, 3.63) is 81.8 Å². The van der Waals surface area contributed by atoms with Gasteiger partial charge in [-0.05, 0) is 36.9 Å². The predicted octanol–water partition coefficient (Wildman–Crippen LogP) is 4.01. The summed E-state index contributed by atoms with van der Waals surface area (Å²) in [6, 6.07) is 16.9. The van der Waals surface area contributed by atoms with Gasteiger partial charge in [-0.2, -0.15) is 0 Å². The van der Waals surface area contributed by atoms with Gasteiger partial charge in [0.05, 0.1) is 6.54 Å². The molecule has 1 atom stereocenters. The maximum Gasteiger partial charge on any atom is 0.235 e. The fourth-order valence-corrected chi connectivity index (χ4v) is 3.53. The molecule has 0 saturated heterocycles. The lowest BCUT2D eigenvalue weighted by molar-refractivity contribution is -0.122. The summed E-state index contributed by atoms with van der Waals surface area (Å²) in [5, 5.41) is 6.55. The number of benzene rings is 2. The monoisotopic (exact) mass is 415 g/mol. The highest BCUT2D eigenvalue weighted by molar-refractivity contribution is 7.09. The standard InChI is InChI=1S/C21H22ClN3O2S/c1-25(12-13-27-18-9-7-17(22)8-10-18)15-19(26)24-20(21-23-11-14-28-21)16-5-3-2-4-6-16/h2-11,14,20H,12-13,15H2,1H3,(H,24,26). The molecule has 0 radical (unpaired) electrons. The molecule has 0 aliphatic heterocycles. The third-order valence-corrected chi connectivity index (χ3v) is 5.20. The fourth-order valence-electron chi connectivity index (χ4n) is 2.69. The van der Waals surface area contributed by atoms with Crippen LogP contribution in [0.3, 0.4) is 0 Å². The number of nitrogens with one attached hydrogen (secondary N) is 1. The highest BCUT2D eigenvalue weighted by Gasteiger charge is 2.19. The van der Waals surface area contributed by atoms with Gasteiger partial charge in [0.1, 0.15) is 23.4 Å². The highest BCUT2D eigenvalue weighted by Crippen LogP contribution is 2.23. The van der Waals surface area contributed by atoms with Crippen LogP contribution < -0.4 is 10.1 Å². The second-order valence-electron chi connectivity index (χ2n) is 6.32. The van der Waals surface area contributed by atoms with E-state index in [1.165, 1.54) is 11.3 Å². The number of hydrogen-bond donors (Lipinski definition) is 1. The van der Waals surface area contributed by atoms with Crippen molar-refractivity contribution in [2.75, 3.05) is 26.7 Å². The molecular weight excluding hydrogens is 394 g/mol. The van der Waals surface area contributed by atoms with E-state index in [1.54, 1.807) is 18.3 Å². The quantitative estimate of drug-likeness (QED) is 0.573. The largest absolute Gasteiger partial charge is 0.492 e. The molecule has 0 spiro atoms. The van der Waals surface area contributed by atoms with E-state index in [1.807, 2.05) is 59.8 Å². The second kappa shape index (κ2) is 10.2. The van der Waals surface area contributed by atoms with Gasteiger partial charge < -0.3 is 10.1 Å². The van der Waals surface area contributed by atoms with E-state index in [0.717, 1.165) is 16.3 Å². The lowest BCUT2D eigenvalue weighted by Crippen LogP contribution is -2.39. The summed E-state index contributed by atoms with van der Waals surface area (Å²) in [5.41, 5.74) is 1.01. The summed E-state index contributed by atoms with van der Waals surface area (Å²) < 4.78 is 5.68. The van der Waals surface area contributed by atoms with Gasteiger partial charge in [0.25, 0.3) is 0 Å². The average molecular weight is 416 g/mol. The topological polar surface area (TPSA) is 54.5 Å². The van der Waals surface area contributed by atoms with E-state index >= 15 is 0 Å². The number of carbonyl (C=O) groups is 1. The maximum atomic E-state index is 12.6. The van der Waals surface area contributed by atoms with E-state index in [-0.39, 0.29) is 18.5 Å². The summed E-state index contributed by atoms with van der Waals surface area (Å²) in [5.74, 6) is 0.702. The van der Waals surface area contributed by atoms with Gasteiger partial charge in [0.15, 0.2) is 0 Å². The van der Waals surface area contributed by atoms with Crippen molar-refractivity contribution in [3.8, 4) is 5.75 Å². The molecule has 146 valence electrons. The summed E-state index contributed by atoms with van der Waals surface area (Å²) in [6.45, 7) is 1.39. The lowest BCUT2D eigenvalue weighted by Gasteiger charge is -2.20. The molecule has 1 N–H and O–H groups in total. The van der Waals surface area contributed by atoms with Gasteiger partial charge in [0, 0.05) is 23.1 Å². The number of aromatic nitrogens is 1. The van der Waals surface area contributed by atoms with Crippen LogP contribution in [0.25, 0.3) is 0 Å². The van der Waals surface area contributed by atoms with Crippen LogP contribution in [0.5, 0.6) is 5.75 Å². The van der Waals surface area contributed by atoms with E-state index in [2.05, 4.69) is 10.3 Å². The maximum absolute atomic E-state index is 12.6. The van der Waals surface area contributed by atoms with Gasteiger partial charge >= 0.3 is 0 Å².